The predicted molar refractivity (Wildman–Crippen MR) is 96.2 cm³/mol. The molecule has 0 saturated carbocycles. The average Bonchev–Trinajstić information content (AvgIpc) is 2.64. The summed E-state index contributed by atoms with van der Waals surface area (Å²) in [5, 5.41) is 42.4. The zero-order chi connectivity index (χ0) is 20.0. The Morgan fingerprint density at radius 2 is 1.81 bits per heavy atom. The molecule has 0 amide bonds. The highest BCUT2D eigenvalue weighted by Gasteiger charge is 2.44. The molecule has 10 nitrogen and oxygen atoms in total. The monoisotopic (exact) mass is 423 g/mol. The molecule has 1 aliphatic heterocycles. The molecule has 5 N–H and O–H groups in total. The third kappa shape index (κ3) is 6.69. The number of nitrogens with zero attached hydrogens (tertiary/aromatic N) is 1. The molecule has 152 valence electrons. The van der Waals surface area contributed by atoms with Crippen LogP contribution in [0.2, 0.25) is 0 Å². The summed E-state index contributed by atoms with van der Waals surface area (Å²) in [6.45, 7) is -0.597. The maximum Gasteiger partial charge on any atom is 0.466 e. The number of hydrogen-bond acceptors (Lipinski definition) is 10. The third-order valence-electron chi connectivity index (χ3n) is 3.80. The lowest BCUT2D eigenvalue weighted by Crippen LogP contribution is -2.57. The molecule has 2 rings (SSSR count). The molecule has 1 heterocycles. The summed E-state index contributed by atoms with van der Waals surface area (Å²) in [6.07, 6.45) is -5.11. The first-order chi connectivity index (χ1) is 12.7. The normalized spacial score (nSPS) is 29.5. The van der Waals surface area contributed by atoms with Gasteiger partial charge in [0.2, 0.25) is 0 Å². The molecule has 1 aliphatic rings. The van der Waals surface area contributed by atoms with E-state index in [1.165, 1.54) is 0 Å². The van der Waals surface area contributed by atoms with Crippen molar-refractivity contribution in [1.82, 2.24) is 0 Å². The smallest absolute Gasteiger partial charge is 0.394 e. The van der Waals surface area contributed by atoms with Crippen molar-refractivity contribution in [3.63, 3.8) is 0 Å². The Hall–Kier alpha value is -1.25. The zero-order valence-corrected chi connectivity index (χ0v) is 15.7. The minimum absolute atomic E-state index is 0.0563. The first-order valence-corrected chi connectivity index (χ1v) is 10.2. The van der Waals surface area contributed by atoms with E-state index in [-0.39, 0.29) is 11.5 Å². The quantitative estimate of drug-likeness (QED) is 0.163. The summed E-state index contributed by atoms with van der Waals surface area (Å²) < 4.78 is 39.7. The molecule has 5 atom stereocenters. The molecular weight excluding hydrogens is 402 g/mol. The highest BCUT2D eigenvalue weighted by molar-refractivity contribution is 8.14. The first kappa shape index (κ1) is 22.0. The predicted octanol–water partition coefficient (Wildman–Crippen LogP) is -0.715. The van der Waals surface area contributed by atoms with Gasteiger partial charge in [-0.3, -0.25) is 4.55 Å². The number of oxime groups is 1. The van der Waals surface area contributed by atoms with Gasteiger partial charge < -0.3 is 25.2 Å². The summed E-state index contributed by atoms with van der Waals surface area (Å²) in [7, 11) is -4.82. The van der Waals surface area contributed by atoms with Gasteiger partial charge in [0.25, 0.3) is 0 Å². The molecule has 5 unspecified atom stereocenters. The van der Waals surface area contributed by atoms with Crippen LogP contribution in [0, 0.1) is 0 Å². The van der Waals surface area contributed by atoms with Crippen LogP contribution in [-0.4, -0.2) is 74.9 Å². The van der Waals surface area contributed by atoms with Crippen LogP contribution >= 0.6 is 11.8 Å². The summed E-state index contributed by atoms with van der Waals surface area (Å²) in [6, 6.07) is 9.18. The van der Waals surface area contributed by atoms with E-state index in [1.54, 1.807) is 0 Å². The standard InChI is InChI=1S/C15H21NO9S2/c17-8-10-12(18)13(19)14(20)15(24-10)26-11(16-25-27(21,22)23)7-6-9-4-2-1-3-5-9/h1-5,10,12-15,17-20H,6-8H2,(H,21,22,23)/b16-11-. The van der Waals surface area contributed by atoms with Crippen molar-refractivity contribution in [3.8, 4) is 0 Å². The topological polar surface area (TPSA) is 166 Å². The van der Waals surface area contributed by atoms with Gasteiger partial charge in [0.15, 0.2) is 0 Å². The molecule has 0 spiro atoms. The summed E-state index contributed by atoms with van der Waals surface area (Å²) in [4.78, 5) is 0. The molecular formula is C15H21NO9S2. The van der Waals surface area contributed by atoms with Crippen molar-refractivity contribution in [2.24, 2.45) is 5.16 Å². The van der Waals surface area contributed by atoms with Crippen molar-refractivity contribution < 1.29 is 42.4 Å². The SMILES string of the molecule is O=S(=O)(O)O/N=C(/CCc1ccccc1)SC1OC(CO)C(O)C(O)C1O. The van der Waals surface area contributed by atoms with Gasteiger partial charge >= 0.3 is 10.4 Å². The number of thioether (sulfide) groups is 1. The molecule has 0 radical (unpaired) electrons. The van der Waals surface area contributed by atoms with Crippen LogP contribution < -0.4 is 0 Å². The Kier molecular flexibility index (Phi) is 8.00. The van der Waals surface area contributed by atoms with Crippen molar-refractivity contribution in [3.05, 3.63) is 35.9 Å². The average molecular weight is 423 g/mol. The number of aliphatic hydroxyl groups excluding tert-OH is 4. The van der Waals surface area contributed by atoms with E-state index in [0.29, 0.717) is 6.42 Å². The number of aliphatic hydroxyl groups is 4. The molecule has 1 aromatic carbocycles. The second-order valence-corrected chi connectivity index (χ2v) is 7.96. The Balaban J connectivity index is 2.12. The van der Waals surface area contributed by atoms with Crippen LogP contribution in [0.25, 0.3) is 0 Å². The van der Waals surface area contributed by atoms with Gasteiger partial charge in [-0.15, -0.1) is 0 Å². The summed E-state index contributed by atoms with van der Waals surface area (Å²) in [5.74, 6) is 0. The highest BCUT2D eigenvalue weighted by atomic mass is 32.3. The van der Waals surface area contributed by atoms with Crippen LogP contribution in [0.1, 0.15) is 12.0 Å². The van der Waals surface area contributed by atoms with Gasteiger partial charge in [0, 0.05) is 6.42 Å². The molecule has 0 aliphatic carbocycles. The van der Waals surface area contributed by atoms with Gasteiger partial charge in [0.1, 0.15) is 34.9 Å². The number of ether oxygens (including phenoxy) is 1. The minimum Gasteiger partial charge on any atom is -0.394 e. The maximum absolute atomic E-state index is 10.8. The van der Waals surface area contributed by atoms with Crippen LogP contribution in [0.5, 0.6) is 0 Å². The lowest BCUT2D eigenvalue weighted by Gasteiger charge is -2.39. The molecule has 1 fully saturated rings. The fourth-order valence-electron chi connectivity index (χ4n) is 2.41. The van der Waals surface area contributed by atoms with Crippen LogP contribution in [0.3, 0.4) is 0 Å². The first-order valence-electron chi connectivity index (χ1n) is 7.95. The molecule has 12 heteroatoms. The van der Waals surface area contributed by atoms with E-state index in [9.17, 15) is 28.8 Å². The zero-order valence-electron chi connectivity index (χ0n) is 14.0. The van der Waals surface area contributed by atoms with Crippen molar-refractivity contribution in [2.45, 2.75) is 42.7 Å². The van der Waals surface area contributed by atoms with Gasteiger partial charge in [-0.05, 0) is 12.0 Å². The lowest BCUT2D eigenvalue weighted by molar-refractivity contribution is -0.205. The second kappa shape index (κ2) is 9.80. The number of aryl methyl sites for hydroxylation is 1. The fraction of sp³-hybridized carbons (Fsp3) is 0.533. The largest absolute Gasteiger partial charge is 0.466 e. The van der Waals surface area contributed by atoms with Gasteiger partial charge in [-0.1, -0.05) is 47.2 Å². The Morgan fingerprint density at radius 1 is 1.15 bits per heavy atom. The van der Waals surface area contributed by atoms with Crippen molar-refractivity contribution in [2.75, 3.05) is 6.61 Å². The Bertz CT molecular complexity index is 726. The van der Waals surface area contributed by atoms with Crippen LogP contribution in [0.4, 0.5) is 0 Å². The van der Waals surface area contributed by atoms with E-state index in [1.807, 2.05) is 30.3 Å². The molecule has 0 aromatic heterocycles. The van der Waals surface area contributed by atoms with Crippen LogP contribution in [-0.2, 0) is 25.8 Å². The molecule has 0 bridgehead atoms. The second-order valence-electron chi connectivity index (χ2n) is 5.79. The number of rotatable bonds is 7. The van der Waals surface area contributed by atoms with E-state index >= 15 is 0 Å². The van der Waals surface area contributed by atoms with E-state index in [4.69, 9.17) is 9.29 Å². The minimum atomic E-state index is -4.82. The van der Waals surface area contributed by atoms with Gasteiger partial charge in [-0.2, -0.15) is 8.42 Å². The molecule has 1 aromatic rings. The van der Waals surface area contributed by atoms with Gasteiger partial charge in [-0.25, -0.2) is 4.28 Å². The van der Waals surface area contributed by atoms with Crippen LogP contribution in [0.15, 0.2) is 35.5 Å². The lowest BCUT2D eigenvalue weighted by atomic mass is 10.0. The highest BCUT2D eigenvalue weighted by Crippen LogP contribution is 2.30. The third-order valence-corrected chi connectivity index (χ3v) is 5.24. The summed E-state index contributed by atoms with van der Waals surface area (Å²) >= 11 is 0.754. The number of hydrogen-bond donors (Lipinski definition) is 5. The number of benzene rings is 1. The molecule has 27 heavy (non-hydrogen) atoms. The Labute approximate surface area is 160 Å². The maximum atomic E-state index is 10.8. The summed E-state index contributed by atoms with van der Waals surface area (Å²) in [5.41, 5.74) is -0.230. The van der Waals surface area contributed by atoms with E-state index < -0.39 is 46.9 Å². The Morgan fingerprint density at radius 3 is 2.41 bits per heavy atom. The van der Waals surface area contributed by atoms with E-state index in [2.05, 4.69) is 9.44 Å². The van der Waals surface area contributed by atoms with Crippen molar-refractivity contribution >= 4 is 27.2 Å². The van der Waals surface area contributed by atoms with Gasteiger partial charge in [0.05, 0.1) is 6.61 Å². The van der Waals surface area contributed by atoms with E-state index in [0.717, 1.165) is 17.3 Å². The fourth-order valence-corrected chi connectivity index (χ4v) is 3.71. The van der Waals surface area contributed by atoms with Crippen molar-refractivity contribution in [1.29, 1.82) is 0 Å². The molecule has 1 saturated heterocycles.